The van der Waals surface area contributed by atoms with Gasteiger partial charge in [-0.2, -0.15) is 0 Å². The third-order valence-corrected chi connectivity index (χ3v) is 2.55. The monoisotopic (exact) mass is 218 g/mol. The van der Waals surface area contributed by atoms with E-state index < -0.39 is 0 Å². The van der Waals surface area contributed by atoms with Gasteiger partial charge in [-0.1, -0.05) is 0 Å². The summed E-state index contributed by atoms with van der Waals surface area (Å²) in [5.74, 6) is 0.753. The molecule has 0 unspecified atom stereocenters. The highest BCUT2D eigenvalue weighted by Gasteiger charge is 2.03. The normalized spacial score (nSPS) is 10.6. The van der Waals surface area contributed by atoms with Crippen molar-refractivity contribution in [2.75, 3.05) is 13.7 Å². The van der Waals surface area contributed by atoms with Crippen LogP contribution >= 0.6 is 0 Å². The van der Waals surface area contributed by atoms with Crippen LogP contribution in [0, 0.1) is 0 Å². The Morgan fingerprint density at radius 3 is 2.88 bits per heavy atom. The third kappa shape index (κ3) is 1.79. The van der Waals surface area contributed by atoms with E-state index in [1.165, 1.54) is 0 Å². The molecule has 1 aromatic heterocycles. The summed E-state index contributed by atoms with van der Waals surface area (Å²) < 4.78 is 6.73. The van der Waals surface area contributed by atoms with Gasteiger partial charge in [-0.05, 0) is 29.7 Å². The number of hydrogen-bond donors (Lipinski definition) is 1. The molecular weight excluding hydrogens is 204 g/mol. The molecular formula is C12H14N2O2. The Balaban J connectivity index is 2.62. The van der Waals surface area contributed by atoms with Crippen molar-refractivity contribution in [3.63, 3.8) is 0 Å². The minimum absolute atomic E-state index is 0.00870. The van der Waals surface area contributed by atoms with Gasteiger partial charge >= 0.3 is 0 Å². The molecule has 0 saturated heterocycles. The van der Waals surface area contributed by atoms with E-state index in [-0.39, 0.29) is 5.56 Å². The van der Waals surface area contributed by atoms with Gasteiger partial charge in [0.05, 0.1) is 7.11 Å². The number of pyridine rings is 1. The number of nitrogens with two attached hydrogens (primary N) is 1. The molecule has 1 heterocycles. The van der Waals surface area contributed by atoms with Crippen LogP contribution in [0.2, 0.25) is 0 Å². The maximum Gasteiger partial charge on any atom is 0.258 e. The van der Waals surface area contributed by atoms with Crippen molar-refractivity contribution in [2.24, 2.45) is 5.73 Å². The highest BCUT2D eigenvalue weighted by Crippen LogP contribution is 2.17. The second-order valence-corrected chi connectivity index (χ2v) is 3.56. The molecule has 0 aliphatic carbocycles. The van der Waals surface area contributed by atoms with E-state index in [1.807, 2.05) is 12.1 Å². The topological polar surface area (TPSA) is 57.2 Å². The number of aromatic nitrogens is 1. The van der Waals surface area contributed by atoms with Crippen molar-refractivity contribution in [3.05, 3.63) is 40.8 Å². The van der Waals surface area contributed by atoms with Gasteiger partial charge in [0, 0.05) is 24.7 Å². The molecule has 0 spiro atoms. The Kier molecular flexibility index (Phi) is 2.92. The van der Waals surface area contributed by atoms with E-state index in [1.54, 1.807) is 30.0 Å². The lowest BCUT2D eigenvalue weighted by Crippen LogP contribution is -2.23. The Bertz CT molecular complexity index is 560. The minimum Gasteiger partial charge on any atom is -0.497 e. The van der Waals surface area contributed by atoms with Crippen molar-refractivity contribution in [3.8, 4) is 5.75 Å². The lowest BCUT2D eigenvalue weighted by Gasteiger charge is -2.06. The molecule has 0 aliphatic heterocycles. The highest BCUT2D eigenvalue weighted by atomic mass is 16.5. The average Bonchev–Trinajstić information content (AvgIpc) is 2.32. The van der Waals surface area contributed by atoms with Crippen LogP contribution in [0.1, 0.15) is 0 Å². The average molecular weight is 218 g/mol. The fourth-order valence-electron chi connectivity index (χ4n) is 1.71. The summed E-state index contributed by atoms with van der Waals surface area (Å²) in [5, 5.41) is 1.58. The lowest BCUT2D eigenvalue weighted by atomic mass is 10.1. The molecule has 0 bridgehead atoms. The Morgan fingerprint density at radius 1 is 1.38 bits per heavy atom. The summed E-state index contributed by atoms with van der Waals surface area (Å²) in [6.07, 6.45) is 1.76. The lowest BCUT2D eigenvalue weighted by molar-refractivity contribution is 0.415. The molecule has 16 heavy (non-hydrogen) atoms. The van der Waals surface area contributed by atoms with E-state index in [0.717, 1.165) is 11.1 Å². The first-order valence-corrected chi connectivity index (χ1v) is 5.13. The number of benzene rings is 1. The van der Waals surface area contributed by atoms with Gasteiger partial charge in [0.1, 0.15) is 5.75 Å². The van der Waals surface area contributed by atoms with Gasteiger partial charge in [-0.25, -0.2) is 0 Å². The molecule has 0 fully saturated rings. The van der Waals surface area contributed by atoms with Gasteiger partial charge < -0.3 is 15.0 Å². The molecule has 4 nitrogen and oxygen atoms in total. The van der Waals surface area contributed by atoms with Crippen LogP contribution in [0.25, 0.3) is 10.8 Å². The Hall–Kier alpha value is -1.81. The largest absolute Gasteiger partial charge is 0.497 e. The second kappa shape index (κ2) is 4.37. The number of methoxy groups -OCH3 is 1. The van der Waals surface area contributed by atoms with Gasteiger partial charge in [-0.3, -0.25) is 4.79 Å². The summed E-state index contributed by atoms with van der Waals surface area (Å²) in [4.78, 5) is 12.0. The summed E-state index contributed by atoms with van der Waals surface area (Å²) in [5.41, 5.74) is 5.43. The third-order valence-electron chi connectivity index (χ3n) is 2.55. The van der Waals surface area contributed by atoms with Gasteiger partial charge in [0.15, 0.2) is 0 Å². The van der Waals surface area contributed by atoms with E-state index in [4.69, 9.17) is 10.5 Å². The zero-order valence-corrected chi connectivity index (χ0v) is 9.14. The maximum absolute atomic E-state index is 12.0. The Labute approximate surface area is 93.3 Å². The first-order chi connectivity index (χ1) is 7.76. The molecule has 2 rings (SSSR count). The van der Waals surface area contributed by atoms with Crippen LogP contribution in [0.5, 0.6) is 5.75 Å². The highest BCUT2D eigenvalue weighted by molar-refractivity contribution is 5.82. The van der Waals surface area contributed by atoms with Crippen LogP contribution in [0.3, 0.4) is 0 Å². The molecule has 2 aromatic rings. The zero-order chi connectivity index (χ0) is 11.5. The first-order valence-electron chi connectivity index (χ1n) is 5.13. The predicted octanol–water partition coefficient (Wildman–Crippen LogP) is 0.969. The molecule has 1 aromatic carbocycles. The predicted molar refractivity (Wildman–Crippen MR) is 63.8 cm³/mol. The van der Waals surface area contributed by atoms with Crippen LogP contribution in [-0.4, -0.2) is 18.2 Å². The van der Waals surface area contributed by atoms with E-state index in [0.29, 0.717) is 18.5 Å². The van der Waals surface area contributed by atoms with E-state index >= 15 is 0 Å². The molecule has 84 valence electrons. The fourth-order valence-corrected chi connectivity index (χ4v) is 1.71. The van der Waals surface area contributed by atoms with Crippen molar-refractivity contribution < 1.29 is 4.74 Å². The Morgan fingerprint density at radius 2 is 2.19 bits per heavy atom. The standard InChI is InChI=1S/C12H14N2O2/c1-16-10-2-3-11-9(8-10)4-6-14(7-5-13)12(11)15/h2-4,6,8H,5,7,13H2,1H3. The van der Waals surface area contributed by atoms with Crippen LogP contribution in [0.15, 0.2) is 35.3 Å². The molecule has 0 saturated carbocycles. The van der Waals surface area contributed by atoms with Gasteiger partial charge in [0.25, 0.3) is 5.56 Å². The summed E-state index contributed by atoms with van der Waals surface area (Å²) >= 11 is 0. The number of ether oxygens (including phenoxy) is 1. The van der Waals surface area contributed by atoms with Crippen LogP contribution in [0.4, 0.5) is 0 Å². The van der Waals surface area contributed by atoms with E-state index in [9.17, 15) is 4.79 Å². The number of fused-ring (bicyclic) bond motifs is 1. The van der Waals surface area contributed by atoms with E-state index in [2.05, 4.69) is 0 Å². The molecule has 0 aliphatic rings. The van der Waals surface area contributed by atoms with Crippen molar-refractivity contribution in [2.45, 2.75) is 6.54 Å². The smallest absolute Gasteiger partial charge is 0.258 e. The molecule has 0 radical (unpaired) electrons. The SMILES string of the molecule is COc1ccc2c(=O)n(CCN)ccc2c1. The first kappa shape index (κ1) is 10.7. The van der Waals surface area contributed by atoms with Crippen molar-refractivity contribution in [1.82, 2.24) is 4.57 Å². The summed E-state index contributed by atoms with van der Waals surface area (Å²) in [6, 6.07) is 7.32. The van der Waals surface area contributed by atoms with Crippen molar-refractivity contribution in [1.29, 1.82) is 0 Å². The minimum atomic E-state index is -0.00870. The number of nitrogens with zero attached hydrogens (tertiary/aromatic N) is 1. The summed E-state index contributed by atoms with van der Waals surface area (Å²) in [7, 11) is 1.61. The van der Waals surface area contributed by atoms with Crippen LogP contribution < -0.4 is 16.0 Å². The number of hydrogen-bond acceptors (Lipinski definition) is 3. The van der Waals surface area contributed by atoms with Gasteiger partial charge in [-0.15, -0.1) is 0 Å². The zero-order valence-electron chi connectivity index (χ0n) is 9.14. The van der Waals surface area contributed by atoms with Crippen LogP contribution in [-0.2, 0) is 6.54 Å². The van der Waals surface area contributed by atoms with Gasteiger partial charge in [0.2, 0.25) is 0 Å². The fraction of sp³-hybridized carbons (Fsp3) is 0.250. The maximum atomic E-state index is 12.0. The molecule has 4 heteroatoms. The molecule has 2 N–H and O–H groups in total. The molecule has 0 amide bonds. The van der Waals surface area contributed by atoms with Crippen molar-refractivity contribution >= 4 is 10.8 Å². The second-order valence-electron chi connectivity index (χ2n) is 3.56. The number of rotatable bonds is 3. The quantitative estimate of drug-likeness (QED) is 0.835. The molecule has 0 atom stereocenters. The summed E-state index contributed by atoms with van der Waals surface area (Å²) in [6.45, 7) is 1.00.